The first kappa shape index (κ1) is 12.2. The molecular formula is C9H12IN3O2. The highest BCUT2D eigenvalue weighted by Gasteiger charge is 2.09. The highest BCUT2D eigenvalue weighted by Crippen LogP contribution is 2.01. The van der Waals surface area contributed by atoms with Crippen molar-refractivity contribution in [3.63, 3.8) is 0 Å². The summed E-state index contributed by atoms with van der Waals surface area (Å²) in [7, 11) is 3.31. The van der Waals surface area contributed by atoms with Crippen LogP contribution in [0.15, 0.2) is 11.1 Å². The fraction of sp³-hybridized carbons (Fsp3) is 0.444. The molecular weight excluding hydrogens is 309 g/mol. The zero-order valence-corrected chi connectivity index (χ0v) is 11.0. The van der Waals surface area contributed by atoms with E-state index in [1.165, 1.54) is 15.8 Å². The number of rotatable bonds is 2. The third-order valence-electron chi connectivity index (χ3n) is 1.96. The zero-order chi connectivity index (χ0) is 11.6. The second kappa shape index (κ2) is 4.73. The van der Waals surface area contributed by atoms with E-state index >= 15 is 0 Å². The summed E-state index contributed by atoms with van der Waals surface area (Å²) in [4.78, 5) is 28.6. The van der Waals surface area contributed by atoms with E-state index in [-0.39, 0.29) is 18.0 Å². The second-order valence-electron chi connectivity index (χ2n) is 3.37. The first-order valence-electron chi connectivity index (χ1n) is 4.35. The van der Waals surface area contributed by atoms with Crippen molar-refractivity contribution < 1.29 is 4.79 Å². The summed E-state index contributed by atoms with van der Waals surface area (Å²) < 4.78 is 1.87. The molecule has 0 aromatic carbocycles. The maximum Gasteiger partial charge on any atom is 0.267 e. The molecule has 0 atom stereocenters. The van der Waals surface area contributed by atoms with Gasteiger partial charge in [-0.05, 0) is 29.5 Å². The predicted octanol–water partition coefficient (Wildman–Crippen LogP) is 0.245. The molecule has 0 aliphatic heterocycles. The van der Waals surface area contributed by atoms with Crippen LogP contribution in [-0.4, -0.2) is 34.5 Å². The summed E-state index contributed by atoms with van der Waals surface area (Å²) >= 11 is 1.94. The molecule has 1 rings (SSSR count). The van der Waals surface area contributed by atoms with Crippen molar-refractivity contribution in [3.8, 4) is 0 Å². The van der Waals surface area contributed by atoms with Crippen LogP contribution in [0.4, 0.5) is 0 Å². The smallest absolute Gasteiger partial charge is 0.267 e. The standard InChI is InChI=1S/C9H12IN3O2/c1-6-8(10)9(15)13(5-11-6)4-7(14)12(2)3/h5H,4H2,1-3H3. The van der Waals surface area contributed by atoms with Crippen LogP contribution >= 0.6 is 22.6 Å². The minimum absolute atomic E-state index is 0.0368. The van der Waals surface area contributed by atoms with Crippen LogP contribution in [0.2, 0.25) is 0 Å². The quantitative estimate of drug-likeness (QED) is 0.734. The Kier molecular flexibility index (Phi) is 3.83. The van der Waals surface area contributed by atoms with Crippen molar-refractivity contribution >= 4 is 28.5 Å². The lowest BCUT2D eigenvalue weighted by molar-refractivity contribution is -0.129. The van der Waals surface area contributed by atoms with Gasteiger partial charge in [0.05, 0.1) is 15.6 Å². The summed E-state index contributed by atoms with van der Waals surface area (Å²) in [5.41, 5.74) is 0.521. The summed E-state index contributed by atoms with van der Waals surface area (Å²) in [6.45, 7) is 1.80. The maximum absolute atomic E-state index is 11.7. The molecule has 1 aromatic rings. The normalized spacial score (nSPS) is 10.1. The summed E-state index contributed by atoms with van der Waals surface area (Å²) in [6, 6.07) is 0. The van der Waals surface area contributed by atoms with Crippen LogP contribution < -0.4 is 5.56 Å². The van der Waals surface area contributed by atoms with Gasteiger partial charge in [-0.2, -0.15) is 0 Å². The summed E-state index contributed by atoms with van der Waals surface area (Å²) in [6.07, 6.45) is 1.40. The van der Waals surface area contributed by atoms with E-state index in [0.29, 0.717) is 9.26 Å². The molecule has 0 spiro atoms. The molecule has 6 heteroatoms. The number of carbonyl (C=O) groups excluding carboxylic acids is 1. The molecule has 0 saturated heterocycles. The molecule has 82 valence electrons. The molecule has 1 heterocycles. The highest BCUT2D eigenvalue weighted by atomic mass is 127. The van der Waals surface area contributed by atoms with E-state index in [2.05, 4.69) is 4.98 Å². The van der Waals surface area contributed by atoms with E-state index in [1.807, 2.05) is 22.6 Å². The number of likely N-dealkylation sites (N-methyl/N-ethyl adjacent to an activating group) is 1. The van der Waals surface area contributed by atoms with Crippen LogP contribution in [0.25, 0.3) is 0 Å². The lowest BCUT2D eigenvalue weighted by Gasteiger charge is -2.11. The molecule has 1 amide bonds. The van der Waals surface area contributed by atoms with Gasteiger partial charge in [-0.15, -0.1) is 0 Å². The Morgan fingerprint density at radius 3 is 2.73 bits per heavy atom. The number of nitrogens with zero attached hydrogens (tertiary/aromatic N) is 3. The van der Waals surface area contributed by atoms with Crippen LogP contribution in [0, 0.1) is 10.5 Å². The molecule has 5 nitrogen and oxygen atoms in total. The first-order chi connectivity index (χ1) is 6.93. The lowest BCUT2D eigenvalue weighted by Crippen LogP contribution is -2.33. The molecule has 0 aliphatic carbocycles. The zero-order valence-electron chi connectivity index (χ0n) is 8.82. The third kappa shape index (κ3) is 2.77. The maximum atomic E-state index is 11.7. The van der Waals surface area contributed by atoms with Gasteiger partial charge in [0, 0.05) is 14.1 Å². The Labute approximate surface area is 101 Å². The number of hydrogen-bond acceptors (Lipinski definition) is 3. The predicted molar refractivity (Wildman–Crippen MR) is 64.6 cm³/mol. The second-order valence-corrected chi connectivity index (χ2v) is 4.44. The van der Waals surface area contributed by atoms with Crippen molar-refractivity contribution in [2.45, 2.75) is 13.5 Å². The summed E-state index contributed by atoms with van der Waals surface area (Å²) in [5.74, 6) is -0.126. The molecule has 0 saturated carbocycles. The van der Waals surface area contributed by atoms with E-state index in [1.54, 1.807) is 21.0 Å². The number of amides is 1. The van der Waals surface area contributed by atoms with E-state index in [0.717, 1.165) is 0 Å². The van der Waals surface area contributed by atoms with Gasteiger partial charge in [0.25, 0.3) is 5.56 Å². The third-order valence-corrected chi connectivity index (χ3v) is 3.20. The van der Waals surface area contributed by atoms with Gasteiger partial charge in [-0.3, -0.25) is 14.2 Å². The fourth-order valence-corrected chi connectivity index (χ4v) is 1.40. The number of halogens is 1. The average molecular weight is 321 g/mol. The van der Waals surface area contributed by atoms with E-state index in [4.69, 9.17) is 0 Å². The molecule has 0 bridgehead atoms. The van der Waals surface area contributed by atoms with Crippen molar-refractivity contribution in [1.82, 2.24) is 14.5 Å². The summed E-state index contributed by atoms with van der Waals surface area (Å²) in [5, 5.41) is 0. The number of aryl methyl sites for hydroxylation is 1. The van der Waals surface area contributed by atoms with Crippen LogP contribution in [-0.2, 0) is 11.3 Å². The largest absolute Gasteiger partial charge is 0.347 e. The first-order valence-corrected chi connectivity index (χ1v) is 5.43. The monoisotopic (exact) mass is 321 g/mol. The Morgan fingerprint density at radius 1 is 1.60 bits per heavy atom. The van der Waals surface area contributed by atoms with Gasteiger partial charge >= 0.3 is 0 Å². The van der Waals surface area contributed by atoms with Crippen molar-refractivity contribution in [2.75, 3.05) is 14.1 Å². The van der Waals surface area contributed by atoms with E-state index < -0.39 is 0 Å². The Balaban J connectivity index is 3.03. The minimum Gasteiger partial charge on any atom is -0.347 e. The van der Waals surface area contributed by atoms with Crippen molar-refractivity contribution in [1.29, 1.82) is 0 Å². The average Bonchev–Trinajstić information content (AvgIpc) is 2.18. The van der Waals surface area contributed by atoms with Gasteiger partial charge in [-0.25, -0.2) is 4.98 Å². The van der Waals surface area contributed by atoms with Crippen LogP contribution in [0.3, 0.4) is 0 Å². The van der Waals surface area contributed by atoms with Gasteiger partial charge in [0.2, 0.25) is 5.91 Å². The molecule has 0 unspecified atom stereocenters. The Hall–Kier alpha value is -0.920. The Morgan fingerprint density at radius 2 is 2.20 bits per heavy atom. The minimum atomic E-state index is -0.168. The number of aromatic nitrogens is 2. The molecule has 0 N–H and O–H groups in total. The lowest BCUT2D eigenvalue weighted by atomic mass is 10.4. The van der Waals surface area contributed by atoms with E-state index in [9.17, 15) is 9.59 Å². The number of carbonyl (C=O) groups is 1. The topological polar surface area (TPSA) is 55.2 Å². The van der Waals surface area contributed by atoms with Gasteiger partial charge in [0.1, 0.15) is 6.54 Å². The molecule has 1 aromatic heterocycles. The van der Waals surface area contributed by atoms with Crippen molar-refractivity contribution in [2.24, 2.45) is 0 Å². The molecule has 15 heavy (non-hydrogen) atoms. The highest BCUT2D eigenvalue weighted by molar-refractivity contribution is 14.1. The van der Waals surface area contributed by atoms with Gasteiger partial charge < -0.3 is 4.90 Å². The Bertz CT molecular complexity index is 439. The van der Waals surface area contributed by atoms with Crippen molar-refractivity contribution in [3.05, 3.63) is 25.9 Å². The van der Waals surface area contributed by atoms with Gasteiger partial charge in [0.15, 0.2) is 0 Å². The molecule has 0 fully saturated rings. The SMILES string of the molecule is Cc1ncn(CC(=O)N(C)C)c(=O)c1I. The van der Waals surface area contributed by atoms with Crippen LogP contribution in [0.5, 0.6) is 0 Å². The van der Waals surface area contributed by atoms with Crippen LogP contribution in [0.1, 0.15) is 5.69 Å². The number of hydrogen-bond donors (Lipinski definition) is 0. The molecule has 0 aliphatic rings. The fourth-order valence-electron chi connectivity index (χ4n) is 0.946. The van der Waals surface area contributed by atoms with Gasteiger partial charge in [-0.1, -0.05) is 0 Å². The molecule has 0 radical (unpaired) electrons.